The number of hydrogen-bond donors (Lipinski definition) is 1. The lowest BCUT2D eigenvalue weighted by molar-refractivity contribution is -0.159. The standard InChI is InChI=1S/C28H44BrNO2/c1-5-21-10-11-22-23(26(21,3)14-8-9-20(2)30-17-6-7-18-30)12-15-27(4)24(22)13-16-28(27,32)25(31)19-29/h5,9,22-24,32H,6-8,10-19H2,1-4H3/b20-9+,21-5-/t22?,23?,24?,26?,27?,28-/m0/s1. The van der Waals surface area contributed by atoms with Crippen molar-refractivity contribution in [2.75, 3.05) is 18.4 Å². The summed E-state index contributed by atoms with van der Waals surface area (Å²) >= 11 is 3.34. The molecule has 3 nitrogen and oxygen atoms in total. The van der Waals surface area contributed by atoms with Crippen molar-refractivity contribution in [2.24, 2.45) is 28.6 Å². The molecular weight excluding hydrogens is 462 g/mol. The molecule has 0 spiro atoms. The molecule has 3 aliphatic carbocycles. The maximum atomic E-state index is 12.8. The van der Waals surface area contributed by atoms with Gasteiger partial charge in [-0.2, -0.15) is 0 Å². The Kier molecular flexibility index (Phi) is 7.05. The Morgan fingerprint density at radius 1 is 1.16 bits per heavy atom. The molecule has 0 aromatic heterocycles. The molecule has 0 aromatic carbocycles. The topological polar surface area (TPSA) is 40.5 Å². The van der Waals surface area contributed by atoms with E-state index in [1.807, 2.05) is 0 Å². The first-order chi connectivity index (χ1) is 15.2. The summed E-state index contributed by atoms with van der Waals surface area (Å²) in [6.45, 7) is 11.7. The average molecular weight is 507 g/mol. The lowest BCUT2D eigenvalue weighted by Crippen LogP contribution is -2.57. The molecule has 32 heavy (non-hydrogen) atoms. The molecule has 0 radical (unpaired) electrons. The van der Waals surface area contributed by atoms with Gasteiger partial charge >= 0.3 is 0 Å². The molecule has 4 aliphatic rings. The van der Waals surface area contributed by atoms with Crippen molar-refractivity contribution >= 4 is 21.7 Å². The fourth-order valence-corrected chi connectivity index (χ4v) is 8.98. The average Bonchev–Trinajstić information content (AvgIpc) is 3.41. The maximum Gasteiger partial charge on any atom is 0.175 e. The van der Waals surface area contributed by atoms with Crippen molar-refractivity contribution in [1.29, 1.82) is 0 Å². The van der Waals surface area contributed by atoms with Gasteiger partial charge in [0.1, 0.15) is 5.60 Å². The Labute approximate surface area is 204 Å². The van der Waals surface area contributed by atoms with Gasteiger partial charge in [-0.3, -0.25) is 4.79 Å². The molecule has 6 atom stereocenters. The van der Waals surface area contributed by atoms with Crippen LogP contribution in [-0.2, 0) is 4.79 Å². The highest BCUT2D eigenvalue weighted by atomic mass is 79.9. The van der Waals surface area contributed by atoms with Crippen LogP contribution in [0.4, 0.5) is 0 Å². The second kappa shape index (κ2) is 9.21. The number of rotatable bonds is 6. The van der Waals surface area contributed by atoms with Crippen molar-refractivity contribution in [3.8, 4) is 0 Å². The van der Waals surface area contributed by atoms with E-state index in [1.54, 1.807) is 5.57 Å². The molecule has 3 saturated carbocycles. The fourth-order valence-electron chi connectivity index (χ4n) is 8.51. The van der Waals surface area contributed by atoms with E-state index >= 15 is 0 Å². The van der Waals surface area contributed by atoms with Crippen LogP contribution in [0.15, 0.2) is 23.4 Å². The van der Waals surface area contributed by atoms with Crippen molar-refractivity contribution in [2.45, 2.75) is 97.5 Å². The van der Waals surface area contributed by atoms with Gasteiger partial charge in [0.05, 0.1) is 5.33 Å². The van der Waals surface area contributed by atoms with Gasteiger partial charge in [-0.05, 0) is 101 Å². The number of halogens is 1. The van der Waals surface area contributed by atoms with Crippen molar-refractivity contribution < 1.29 is 9.90 Å². The third-order valence-electron chi connectivity index (χ3n) is 10.5. The summed E-state index contributed by atoms with van der Waals surface area (Å²) in [6, 6.07) is 0. The van der Waals surface area contributed by atoms with Gasteiger partial charge in [0, 0.05) is 24.2 Å². The molecule has 1 N–H and O–H groups in total. The van der Waals surface area contributed by atoms with E-state index < -0.39 is 5.60 Å². The monoisotopic (exact) mass is 505 g/mol. The van der Waals surface area contributed by atoms with Crippen LogP contribution in [0, 0.1) is 28.6 Å². The van der Waals surface area contributed by atoms with Gasteiger partial charge in [0.2, 0.25) is 0 Å². The number of hydrogen-bond acceptors (Lipinski definition) is 3. The Morgan fingerprint density at radius 2 is 1.84 bits per heavy atom. The molecule has 5 unspecified atom stereocenters. The highest BCUT2D eigenvalue weighted by Gasteiger charge is 2.65. The lowest BCUT2D eigenvalue weighted by atomic mass is 9.47. The van der Waals surface area contributed by atoms with Crippen LogP contribution in [0.1, 0.15) is 91.9 Å². The van der Waals surface area contributed by atoms with E-state index in [4.69, 9.17) is 0 Å². The number of carbonyl (C=O) groups excluding carboxylic acids is 1. The number of nitrogens with zero attached hydrogens (tertiary/aromatic N) is 1. The first-order valence-corrected chi connectivity index (χ1v) is 14.2. The van der Waals surface area contributed by atoms with Gasteiger partial charge in [-0.25, -0.2) is 0 Å². The molecule has 0 bridgehead atoms. The molecule has 0 aromatic rings. The minimum absolute atomic E-state index is 0.00353. The summed E-state index contributed by atoms with van der Waals surface area (Å²) < 4.78 is 0. The smallest absolute Gasteiger partial charge is 0.175 e. The van der Waals surface area contributed by atoms with Crippen LogP contribution in [0.2, 0.25) is 0 Å². The minimum Gasteiger partial charge on any atom is -0.381 e. The van der Waals surface area contributed by atoms with Crippen molar-refractivity contribution in [1.82, 2.24) is 4.90 Å². The third kappa shape index (κ3) is 3.76. The number of carbonyl (C=O) groups is 1. The van der Waals surface area contributed by atoms with Gasteiger partial charge in [-0.1, -0.05) is 47.5 Å². The minimum atomic E-state index is -1.14. The van der Waals surface area contributed by atoms with Crippen molar-refractivity contribution in [3.63, 3.8) is 0 Å². The summed E-state index contributed by atoms with van der Waals surface area (Å²) in [5.74, 6) is 1.76. The maximum absolute atomic E-state index is 12.8. The van der Waals surface area contributed by atoms with E-state index in [1.165, 1.54) is 50.9 Å². The Morgan fingerprint density at radius 3 is 2.50 bits per heavy atom. The number of likely N-dealkylation sites (tertiary alicyclic amines) is 1. The van der Waals surface area contributed by atoms with Crippen molar-refractivity contribution in [3.05, 3.63) is 23.4 Å². The fraction of sp³-hybridized carbons (Fsp3) is 0.821. The summed E-state index contributed by atoms with van der Waals surface area (Å²) in [7, 11) is 0. The number of Topliss-reactive ketones (excluding diaryl/α,β-unsaturated/α-hetero) is 1. The predicted molar refractivity (Wildman–Crippen MR) is 136 cm³/mol. The molecular formula is C28H44BrNO2. The summed E-state index contributed by atoms with van der Waals surface area (Å²) in [5.41, 5.74) is 1.95. The Bertz CT molecular complexity index is 784. The van der Waals surface area contributed by atoms with E-state index in [-0.39, 0.29) is 21.9 Å². The van der Waals surface area contributed by atoms with Crippen LogP contribution in [-0.4, -0.2) is 39.8 Å². The van der Waals surface area contributed by atoms with Gasteiger partial charge in [-0.15, -0.1) is 0 Å². The van der Waals surface area contributed by atoms with E-state index in [2.05, 4.69) is 60.7 Å². The van der Waals surface area contributed by atoms with Crippen LogP contribution >= 0.6 is 15.9 Å². The number of alkyl halides is 1. The van der Waals surface area contributed by atoms with Gasteiger partial charge in [0.25, 0.3) is 0 Å². The number of allylic oxidation sites excluding steroid dienone is 4. The first-order valence-electron chi connectivity index (χ1n) is 13.1. The number of fused-ring (bicyclic) bond motifs is 3. The Balaban J connectivity index is 1.55. The summed E-state index contributed by atoms with van der Waals surface area (Å²) in [4.78, 5) is 15.3. The van der Waals surface area contributed by atoms with E-state index in [9.17, 15) is 9.90 Å². The molecule has 180 valence electrons. The number of aliphatic hydroxyl groups is 1. The van der Waals surface area contributed by atoms with E-state index in [0.717, 1.165) is 25.7 Å². The van der Waals surface area contributed by atoms with Crippen LogP contribution in [0.5, 0.6) is 0 Å². The molecule has 1 saturated heterocycles. The highest BCUT2D eigenvalue weighted by molar-refractivity contribution is 9.09. The summed E-state index contributed by atoms with van der Waals surface area (Å²) in [5, 5.41) is 11.8. The molecule has 1 heterocycles. The van der Waals surface area contributed by atoms with Crippen LogP contribution in [0.25, 0.3) is 0 Å². The van der Waals surface area contributed by atoms with Gasteiger partial charge < -0.3 is 10.0 Å². The highest BCUT2D eigenvalue weighted by Crippen LogP contribution is 2.67. The van der Waals surface area contributed by atoms with Gasteiger partial charge in [0.15, 0.2) is 5.78 Å². The molecule has 1 aliphatic heterocycles. The normalized spacial score (nSPS) is 43.4. The molecule has 0 amide bonds. The van der Waals surface area contributed by atoms with Crippen LogP contribution < -0.4 is 0 Å². The largest absolute Gasteiger partial charge is 0.381 e. The third-order valence-corrected chi connectivity index (χ3v) is 11.0. The summed E-state index contributed by atoms with van der Waals surface area (Å²) in [6.07, 6.45) is 16.1. The molecule has 4 rings (SSSR count). The zero-order chi connectivity index (χ0) is 23.1. The second-order valence-electron chi connectivity index (χ2n) is 11.6. The second-order valence-corrected chi connectivity index (χ2v) is 12.2. The quantitative estimate of drug-likeness (QED) is 0.324. The Hall–Kier alpha value is -0.610. The predicted octanol–water partition coefficient (Wildman–Crippen LogP) is 6.65. The molecule has 4 heteroatoms. The SMILES string of the molecule is C/C=C1/CCC2C(CCC3(C)C2CC[C@]3(O)C(=O)CBr)C1(C)CC/C=C(\C)N1CCCC1. The lowest BCUT2D eigenvalue weighted by Gasteiger charge is -2.58. The van der Waals surface area contributed by atoms with Crippen LogP contribution in [0.3, 0.4) is 0 Å². The number of ketones is 1. The first kappa shape index (κ1) is 24.5. The van der Waals surface area contributed by atoms with E-state index in [0.29, 0.717) is 24.2 Å². The zero-order valence-electron chi connectivity index (χ0n) is 20.8. The zero-order valence-corrected chi connectivity index (χ0v) is 22.3. The molecule has 4 fully saturated rings.